The maximum absolute atomic E-state index is 15.2. The lowest BCUT2D eigenvalue weighted by Crippen LogP contribution is -2.20. The first-order valence-electron chi connectivity index (χ1n) is 13.7. The van der Waals surface area contributed by atoms with Crippen LogP contribution < -0.4 is 9.47 Å². The minimum absolute atomic E-state index is 0.0876. The Hall–Kier alpha value is -3.02. The van der Waals surface area contributed by atoms with Gasteiger partial charge in [-0.1, -0.05) is 56.2 Å². The number of hydrogen-bond donors (Lipinski definition) is 0. The minimum Gasteiger partial charge on any atom is -0.491 e. The number of benzene rings is 3. The van der Waals surface area contributed by atoms with E-state index in [9.17, 15) is 8.78 Å². The van der Waals surface area contributed by atoms with Crippen LogP contribution in [0, 0.1) is 29.2 Å². The van der Waals surface area contributed by atoms with Gasteiger partial charge in [-0.15, -0.1) is 0 Å². The van der Waals surface area contributed by atoms with E-state index in [4.69, 9.17) is 9.47 Å². The summed E-state index contributed by atoms with van der Waals surface area (Å²) in [7, 11) is 0. The highest BCUT2D eigenvalue weighted by Gasteiger charge is 2.27. The van der Waals surface area contributed by atoms with Crippen molar-refractivity contribution in [2.75, 3.05) is 13.2 Å². The second-order valence-electron chi connectivity index (χ2n) is 10.1. The van der Waals surface area contributed by atoms with E-state index in [-0.39, 0.29) is 42.1 Å². The third kappa shape index (κ3) is 6.51. The van der Waals surface area contributed by atoms with Gasteiger partial charge in [-0.05, 0) is 86.1 Å². The topological polar surface area (TPSA) is 18.5 Å². The van der Waals surface area contributed by atoms with Crippen LogP contribution in [0.1, 0.15) is 75.8 Å². The number of halogens is 4. The van der Waals surface area contributed by atoms with Crippen LogP contribution in [0.15, 0.2) is 48.5 Å². The van der Waals surface area contributed by atoms with Gasteiger partial charge in [0.25, 0.3) is 0 Å². The number of unbranched alkanes of at least 4 members (excludes halogenated alkanes) is 2. The highest BCUT2D eigenvalue weighted by Crippen LogP contribution is 2.39. The van der Waals surface area contributed by atoms with Crippen LogP contribution >= 0.6 is 0 Å². The summed E-state index contributed by atoms with van der Waals surface area (Å²) in [6, 6.07) is 13.8. The molecule has 0 N–H and O–H groups in total. The minimum atomic E-state index is -1.06. The molecule has 0 heterocycles. The summed E-state index contributed by atoms with van der Waals surface area (Å²) < 4.78 is 69.3. The van der Waals surface area contributed by atoms with Crippen LogP contribution in [0.2, 0.25) is 0 Å². The monoisotopic (exact) mass is 528 g/mol. The molecule has 0 aromatic heterocycles. The lowest BCUT2D eigenvalue weighted by Gasteiger charge is -2.29. The van der Waals surface area contributed by atoms with Gasteiger partial charge in [0, 0.05) is 5.56 Å². The summed E-state index contributed by atoms with van der Waals surface area (Å²) >= 11 is 0. The molecule has 3 aromatic carbocycles. The fraction of sp³-hybridized carbons (Fsp3) is 0.438. The Labute approximate surface area is 223 Å². The molecule has 4 rings (SSSR count). The molecule has 1 saturated carbocycles. The van der Waals surface area contributed by atoms with Gasteiger partial charge in [0.15, 0.2) is 23.1 Å². The van der Waals surface area contributed by atoms with Crippen molar-refractivity contribution in [1.29, 1.82) is 0 Å². The van der Waals surface area contributed by atoms with E-state index >= 15 is 8.78 Å². The normalized spacial score (nSPS) is 17.4. The summed E-state index contributed by atoms with van der Waals surface area (Å²) in [5.74, 6) is -3.95. The van der Waals surface area contributed by atoms with Gasteiger partial charge in [-0.25, -0.2) is 8.78 Å². The SMILES string of the molecule is CCCCCc1ccc(-c2ccc(C3CCC(COc4ccc(OCC)c(F)c4F)CC3)c(F)c2F)cc1. The molecule has 1 fully saturated rings. The lowest BCUT2D eigenvalue weighted by molar-refractivity contribution is 0.191. The summed E-state index contributed by atoms with van der Waals surface area (Å²) in [4.78, 5) is 0. The maximum atomic E-state index is 15.2. The zero-order valence-electron chi connectivity index (χ0n) is 22.2. The van der Waals surface area contributed by atoms with Crippen LogP contribution in [0.4, 0.5) is 17.6 Å². The average molecular weight is 529 g/mol. The zero-order chi connectivity index (χ0) is 27.1. The number of ether oxygens (including phenoxy) is 2. The van der Waals surface area contributed by atoms with Crippen molar-refractivity contribution in [1.82, 2.24) is 0 Å². The first-order chi connectivity index (χ1) is 18.4. The summed E-state index contributed by atoms with van der Waals surface area (Å²) in [6.45, 7) is 4.33. The van der Waals surface area contributed by atoms with E-state index in [2.05, 4.69) is 6.92 Å². The summed E-state index contributed by atoms with van der Waals surface area (Å²) in [5, 5.41) is 0. The quantitative estimate of drug-likeness (QED) is 0.182. The molecule has 0 amide bonds. The molecule has 0 aliphatic heterocycles. The van der Waals surface area contributed by atoms with Crippen LogP contribution in [-0.4, -0.2) is 13.2 Å². The molecule has 204 valence electrons. The molecular formula is C32H36F4O2. The van der Waals surface area contributed by atoms with E-state index in [1.807, 2.05) is 24.3 Å². The fourth-order valence-corrected chi connectivity index (χ4v) is 5.27. The Morgan fingerprint density at radius 2 is 1.34 bits per heavy atom. The molecule has 0 atom stereocenters. The number of rotatable bonds is 11. The summed E-state index contributed by atoms with van der Waals surface area (Å²) in [5.41, 5.74) is 2.56. The van der Waals surface area contributed by atoms with E-state index in [0.717, 1.165) is 32.1 Å². The largest absolute Gasteiger partial charge is 0.491 e. The Bertz CT molecular complexity index is 1200. The van der Waals surface area contributed by atoms with Gasteiger partial charge in [-0.3, -0.25) is 0 Å². The van der Waals surface area contributed by atoms with Gasteiger partial charge >= 0.3 is 0 Å². The second kappa shape index (κ2) is 13.2. The molecule has 6 heteroatoms. The van der Waals surface area contributed by atoms with Crippen molar-refractivity contribution in [3.63, 3.8) is 0 Å². The smallest absolute Gasteiger partial charge is 0.204 e. The van der Waals surface area contributed by atoms with Crippen LogP contribution in [0.3, 0.4) is 0 Å². The number of aryl methyl sites for hydroxylation is 1. The molecule has 2 nitrogen and oxygen atoms in total. The Kier molecular flexibility index (Phi) is 9.70. The van der Waals surface area contributed by atoms with Gasteiger partial charge in [-0.2, -0.15) is 8.78 Å². The third-order valence-corrected chi connectivity index (χ3v) is 7.52. The highest BCUT2D eigenvalue weighted by molar-refractivity contribution is 5.65. The molecule has 0 saturated heterocycles. The van der Waals surface area contributed by atoms with Gasteiger partial charge in [0.05, 0.1) is 13.2 Å². The Morgan fingerprint density at radius 3 is 1.97 bits per heavy atom. The van der Waals surface area contributed by atoms with Crippen molar-refractivity contribution in [2.24, 2.45) is 5.92 Å². The maximum Gasteiger partial charge on any atom is 0.204 e. The van der Waals surface area contributed by atoms with Crippen LogP contribution in [0.25, 0.3) is 11.1 Å². The zero-order valence-corrected chi connectivity index (χ0v) is 22.2. The van der Waals surface area contributed by atoms with Crippen molar-refractivity contribution < 1.29 is 27.0 Å². The average Bonchev–Trinajstić information content (AvgIpc) is 2.93. The lowest BCUT2D eigenvalue weighted by atomic mass is 9.78. The van der Waals surface area contributed by atoms with E-state index in [0.29, 0.717) is 24.0 Å². The standard InChI is InChI=1S/C32H36F4O2/c1-3-5-6-7-21-8-12-23(13-9-21)25-16-17-26(30(34)29(25)33)24-14-10-22(11-15-24)20-38-28-19-18-27(37-4-2)31(35)32(28)36/h8-9,12-13,16-19,22,24H,3-7,10-11,14-15,20H2,1-2H3. The van der Waals surface area contributed by atoms with Crippen molar-refractivity contribution in [2.45, 2.75) is 71.1 Å². The van der Waals surface area contributed by atoms with Gasteiger partial charge in [0.1, 0.15) is 0 Å². The van der Waals surface area contributed by atoms with Crippen LogP contribution in [-0.2, 0) is 6.42 Å². The Morgan fingerprint density at radius 1 is 0.684 bits per heavy atom. The molecule has 0 bridgehead atoms. The highest BCUT2D eigenvalue weighted by atomic mass is 19.2. The van der Waals surface area contributed by atoms with Crippen molar-refractivity contribution in [3.8, 4) is 22.6 Å². The van der Waals surface area contributed by atoms with Crippen molar-refractivity contribution >= 4 is 0 Å². The summed E-state index contributed by atoms with van der Waals surface area (Å²) in [6.07, 6.45) is 7.27. The predicted molar refractivity (Wildman–Crippen MR) is 143 cm³/mol. The number of hydrogen-bond acceptors (Lipinski definition) is 2. The van der Waals surface area contributed by atoms with Gasteiger partial charge in [0.2, 0.25) is 11.6 Å². The first-order valence-corrected chi connectivity index (χ1v) is 13.7. The first kappa shape index (κ1) is 28.0. The molecule has 0 spiro atoms. The third-order valence-electron chi connectivity index (χ3n) is 7.52. The fourth-order valence-electron chi connectivity index (χ4n) is 5.27. The molecule has 3 aromatic rings. The molecule has 1 aliphatic rings. The van der Waals surface area contributed by atoms with Crippen molar-refractivity contribution in [3.05, 3.63) is 82.9 Å². The molecular weight excluding hydrogens is 492 g/mol. The van der Waals surface area contributed by atoms with E-state index in [1.54, 1.807) is 19.1 Å². The molecule has 0 unspecified atom stereocenters. The molecule has 38 heavy (non-hydrogen) atoms. The van der Waals surface area contributed by atoms with Crippen LogP contribution in [0.5, 0.6) is 11.5 Å². The van der Waals surface area contributed by atoms with Gasteiger partial charge < -0.3 is 9.47 Å². The molecule has 0 radical (unpaired) electrons. The van der Waals surface area contributed by atoms with E-state index in [1.165, 1.54) is 24.1 Å². The molecule has 1 aliphatic carbocycles. The Balaban J connectivity index is 1.34. The van der Waals surface area contributed by atoms with E-state index < -0.39 is 23.3 Å². The predicted octanol–water partition coefficient (Wildman–Crippen LogP) is 9.39. The second-order valence-corrected chi connectivity index (χ2v) is 10.1.